The molecule has 0 radical (unpaired) electrons. The predicted molar refractivity (Wildman–Crippen MR) is 76.1 cm³/mol. The Bertz CT molecular complexity index is 503. The van der Waals surface area contributed by atoms with Crippen molar-refractivity contribution >= 4 is 21.9 Å². The minimum absolute atomic E-state index is 0.0481. The summed E-state index contributed by atoms with van der Waals surface area (Å²) < 4.78 is 24.3. The predicted octanol–water partition coefficient (Wildman–Crippen LogP) is -0.0188. The highest BCUT2D eigenvalue weighted by atomic mass is 32.2. The third kappa shape index (κ3) is 3.94. The van der Waals surface area contributed by atoms with Gasteiger partial charge in [-0.1, -0.05) is 0 Å². The molecule has 2 heterocycles. The largest absolute Gasteiger partial charge is 0.481 e. The Kier molecular flexibility index (Phi) is 4.88. The number of carbonyl (C=O) groups is 2. The molecule has 8 heteroatoms. The smallest absolute Gasteiger partial charge is 0.306 e. The van der Waals surface area contributed by atoms with Gasteiger partial charge in [-0.3, -0.25) is 9.59 Å². The average molecular weight is 318 g/mol. The fraction of sp³-hybridized carbons (Fsp3) is 0.846. The molecule has 0 saturated carbocycles. The lowest BCUT2D eigenvalue weighted by atomic mass is 9.93. The molecule has 0 atom stereocenters. The topological polar surface area (TPSA) is 95.0 Å². The summed E-state index contributed by atoms with van der Waals surface area (Å²) in [5, 5.41) is 8.95. The first kappa shape index (κ1) is 16.2. The molecular weight excluding hydrogens is 296 g/mol. The second-order valence-electron chi connectivity index (χ2n) is 5.87. The zero-order chi connectivity index (χ0) is 15.6. The van der Waals surface area contributed by atoms with Gasteiger partial charge in [0.05, 0.1) is 12.2 Å². The van der Waals surface area contributed by atoms with Crippen LogP contribution in [-0.4, -0.2) is 67.0 Å². The van der Waals surface area contributed by atoms with Gasteiger partial charge in [-0.15, -0.1) is 0 Å². The lowest BCUT2D eigenvalue weighted by Crippen LogP contribution is -2.47. The minimum atomic E-state index is -3.17. The van der Waals surface area contributed by atoms with Gasteiger partial charge in [-0.2, -0.15) is 0 Å². The van der Waals surface area contributed by atoms with Crippen molar-refractivity contribution < 1.29 is 23.1 Å². The van der Waals surface area contributed by atoms with E-state index in [1.54, 1.807) is 4.90 Å². The molecule has 0 aromatic rings. The van der Waals surface area contributed by atoms with Crippen LogP contribution in [0.15, 0.2) is 0 Å². The molecule has 21 heavy (non-hydrogen) atoms. The number of carboxylic acid groups (broad SMARTS) is 1. The summed E-state index contributed by atoms with van der Waals surface area (Å²) >= 11 is 0. The Morgan fingerprint density at radius 2 is 1.43 bits per heavy atom. The van der Waals surface area contributed by atoms with Gasteiger partial charge in [0.2, 0.25) is 15.9 Å². The molecular formula is C13H22N2O5S. The summed E-state index contributed by atoms with van der Waals surface area (Å²) in [7, 11) is -3.17. The summed E-state index contributed by atoms with van der Waals surface area (Å²) in [4.78, 5) is 25.0. The van der Waals surface area contributed by atoms with Crippen LogP contribution in [0.1, 0.15) is 25.7 Å². The lowest BCUT2D eigenvalue weighted by Gasteiger charge is -2.35. The molecule has 7 nitrogen and oxygen atoms in total. The van der Waals surface area contributed by atoms with E-state index in [9.17, 15) is 18.0 Å². The molecule has 0 unspecified atom stereocenters. The van der Waals surface area contributed by atoms with Crippen LogP contribution < -0.4 is 0 Å². The molecule has 0 aliphatic carbocycles. The summed E-state index contributed by atoms with van der Waals surface area (Å²) in [5.74, 6) is -1.22. The number of sulfonamides is 1. The number of carbonyl (C=O) groups excluding carboxylic acids is 1. The van der Waals surface area contributed by atoms with Crippen molar-refractivity contribution in [3.63, 3.8) is 0 Å². The number of hydrogen-bond donors (Lipinski definition) is 1. The summed E-state index contributed by atoms with van der Waals surface area (Å²) in [6.45, 7) is 1.76. The van der Waals surface area contributed by atoms with E-state index in [-0.39, 0.29) is 17.7 Å². The maximum Gasteiger partial charge on any atom is 0.306 e. The molecule has 0 spiro atoms. The first-order valence-electron chi connectivity index (χ1n) is 7.25. The van der Waals surface area contributed by atoms with Gasteiger partial charge in [0, 0.05) is 32.1 Å². The first-order valence-corrected chi connectivity index (χ1v) is 9.10. The van der Waals surface area contributed by atoms with E-state index in [0.29, 0.717) is 51.9 Å². The van der Waals surface area contributed by atoms with E-state index < -0.39 is 16.0 Å². The van der Waals surface area contributed by atoms with Crippen molar-refractivity contribution in [1.29, 1.82) is 0 Å². The highest BCUT2D eigenvalue weighted by Gasteiger charge is 2.33. The molecule has 2 saturated heterocycles. The quantitative estimate of drug-likeness (QED) is 0.789. The third-order valence-electron chi connectivity index (χ3n) is 4.43. The maximum absolute atomic E-state index is 12.4. The first-order chi connectivity index (χ1) is 9.79. The van der Waals surface area contributed by atoms with Crippen LogP contribution in [0.25, 0.3) is 0 Å². The van der Waals surface area contributed by atoms with Crippen LogP contribution in [0, 0.1) is 11.8 Å². The fourth-order valence-electron chi connectivity index (χ4n) is 3.04. The van der Waals surface area contributed by atoms with Crippen molar-refractivity contribution in [2.45, 2.75) is 25.7 Å². The molecule has 0 bridgehead atoms. The Morgan fingerprint density at radius 1 is 0.952 bits per heavy atom. The number of nitrogens with zero attached hydrogens (tertiary/aromatic N) is 2. The van der Waals surface area contributed by atoms with Gasteiger partial charge >= 0.3 is 5.97 Å². The minimum Gasteiger partial charge on any atom is -0.481 e. The van der Waals surface area contributed by atoms with Gasteiger partial charge in [-0.25, -0.2) is 12.7 Å². The number of piperidine rings is 2. The van der Waals surface area contributed by atoms with Crippen molar-refractivity contribution in [2.24, 2.45) is 11.8 Å². The van der Waals surface area contributed by atoms with E-state index in [1.165, 1.54) is 10.6 Å². The van der Waals surface area contributed by atoms with E-state index in [2.05, 4.69) is 0 Å². The van der Waals surface area contributed by atoms with Crippen molar-refractivity contribution in [2.75, 3.05) is 32.4 Å². The molecule has 2 aliphatic rings. The number of aliphatic carboxylic acids is 1. The van der Waals surface area contributed by atoms with Crippen molar-refractivity contribution in [3.8, 4) is 0 Å². The van der Waals surface area contributed by atoms with E-state index in [4.69, 9.17) is 5.11 Å². The number of hydrogen-bond acceptors (Lipinski definition) is 4. The monoisotopic (exact) mass is 318 g/mol. The summed E-state index contributed by atoms with van der Waals surface area (Å²) in [6, 6.07) is 0. The Hall–Kier alpha value is -1.15. The van der Waals surface area contributed by atoms with Gasteiger partial charge in [0.25, 0.3) is 0 Å². The zero-order valence-electron chi connectivity index (χ0n) is 12.2. The normalized spacial score (nSPS) is 23.2. The Balaban J connectivity index is 1.84. The molecule has 0 aromatic heterocycles. The highest BCUT2D eigenvalue weighted by molar-refractivity contribution is 7.88. The standard InChI is InChI=1S/C13H22N2O5S/c1-21(19,20)15-8-4-10(5-9-15)12(16)14-6-2-11(3-7-14)13(17)18/h10-11H,2-9H2,1H3,(H,17,18). The van der Waals surface area contributed by atoms with Crippen LogP contribution in [0.4, 0.5) is 0 Å². The van der Waals surface area contributed by atoms with Crippen LogP contribution in [-0.2, 0) is 19.6 Å². The fourth-order valence-corrected chi connectivity index (χ4v) is 3.91. The molecule has 1 N–H and O–H groups in total. The van der Waals surface area contributed by atoms with Crippen molar-refractivity contribution in [1.82, 2.24) is 9.21 Å². The number of rotatable bonds is 3. The van der Waals surface area contributed by atoms with Crippen LogP contribution in [0.5, 0.6) is 0 Å². The van der Waals surface area contributed by atoms with Crippen molar-refractivity contribution in [3.05, 3.63) is 0 Å². The van der Waals surface area contributed by atoms with Gasteiger partial charge < -0.3 is 10.0 Å². The zero-order valence-corrected chi connectivity index (χ0v) is 13.0. The van der Waals surface area contributed by atoms with E-state index in [1.807, 2.05) is 0 Å². The summed E-state index contributed by atoms with van der Waals surface area (Å²) in [5.41, 5.74) is 0. The second kappa shape index (κ2) is 6.31. The molecule has 2 fully saturated rings. The van der Waals surface area contributed by atoms with Gasteiger partial charge in [0.15, 0.2) is 0 Å². The Morgan fingerprint density at radius 3 is 1.86 bits per heavy atom. The molecule has 0 aromatic carbocycles. The average Bonchev–Trinajstić information content (AvgIpc) is 2.46. The molecule has 120 valence electrons. The second-order valence-corrected chi connectivity index (χ2v) is 7.86. The lowest BCUT2D eigenvalue weighted by molar-refractivity contribution is -0.147. The maximum atomic E-state index is 12.4. The van der Waals surface area contributed by atoms with E-state index in [0.717, 1.165) is 0 Å². The molecule has 2 rings (SSSR count). The molecule has 2 aliphatic heterocycles. The summed E-state index contributed by atoms with van der Waals surface area (Å²) in [6.07, 6.45) is 3.29. The number of amides is 1. The number of likely N-dealkylation sites (tertiary alicyclic amines) is 1. The Labute approximate surface area is 125 Å². The third-order valence-corrected chi connectivity index (χ3v) is 5.73. The van der Waals surface area contributed by atoms with Crippen LogP contribution >= 0.6 is 0 Å². The molecule has 1 amide bonds. The number of carboxylic acids is 1. The van der Waals surface area contributed by atoms with Gasteiger partial charge in [-0.05, 0) is 25.7 Å². The van der Waals surface area contributed by atoms with Gasteiger partial charge in [0.1, 0.15) is 0 Å². The van der Waals surface area contributed by atoms with E-state index >= 15 is 0 Å². The van der Waals surface area contributed by atoms with Crippen LogP contribution in [0.2, 0.25) is 0 Å². The van der Waals surface area contributed by atoms with Crippen LogP contribution in [0.3, 0.4) is 0 Å². The highest BCUT2D eigenvalue weighted by Crippen LogP contribution is 2.24. The SMILES string of the molecule is CS(=O)(=O)N1CCC(C(=O)N2CCC(C(=O)O)CC2)CC1.